The van der Waals surface area contributed by atoms with E-state index < -0.39 is 5.91 Å². The smallest absolute Gasteiger partial charge is 0.262 e. The number of nitrogens with two attached hydrogens (primary N) is 1. The van der Waals surface area contributed by atoms with E-state index in [1.165, 1.54) is 0 Å². The number of carbonyl (C=O) groups excluding carboxylic acids is 2. The van der Waals surface area contributed by atoms with E-state index in [1.54, 1.807) is 36.4 Å². The highest BCUT2D eigenvalue weighted by Crippen LogP contribution is 2.27. The summed E-state index contributed by atoms with van der Waals surface area (Å²) in [7, 11) is 0. The summed E-state index contributed by atoms with van der Waals surface area (Å²) >= 11 is 5.96. The molecule has 2 rings (SSSR count). The second-order valence-electron chi connectivity index (χ2n) is 5.12. The zero-order valence-electron chi connectivity index (χ0n) is 12.9. The lowest BCUT2D eigenvalue weighted by Gasteiger charge is -2.13. The molecule has 0 atom stereocenters. The number of primary amides is 1. The molecule has 0 radical (unpaired) electrons. The van der Waals surface area contributed by atoms with E-state index in [0.29, 0.717) is 16.5 Å². The van der Waals surface area contributed by atoms with E-state index >= 15 is 0 Å². The van der Waals surface area contributed by atoms with Gasteiger partial charge in [0, 0.05) is 5.02 Å². The lowest BCUT2D eigenvalue weighted by Crippen LogP contribution is -2.23. The molecule has 120 valence electrons. The molecular formula is C17H17ClN2O3. The Bertz CT molecular complexity index is 736. The molecule has 0 aliphatic heterocycles. The van der Waals surface area contributed by atoms with Crippen molar-refractivity contribution in [2.45, 2.75) is 13.8 Å². The molecular weight excluding hydrogens is 316 g/mol. The number of halogens is 1. The monoisotopic (exact) mass is 332 g/mol. The standard InChI is InChI=1S/C17H17ClN2O3/c1-10-7-12(18)8-11(2)16(10)23-9-15(21)20-14-6-4-3-5-13(14)17(19)22/h3-8H,9H2,1-2H3,(H2,19,22)(H,20,21). The number of anilines is 1. The maximum atomic E-state index is 12.0. The molecule has 2 aromatic rings. The molecule has 3 N–H and O–H groups in total. The van der Waals surface area contributed by atoms with Gasteiger partial charge in [0.25, 0.3) is 11.8 Å². The van der Waals surface area contributed by atoms with Crippen LogP contribution in [0.3, 0.4) is 0 Å². The molecule has 0 aliphatic carbocycles. The van der Waals surface area contributed by atoms with Crippen LogP contribution in [0, 0.1) is 13.8 Å². The largest absolute Gasteiger partial charge is 0.483 e. The Morgan fingerprint density at radius 3 is 2.39 bits per heavy atom. The van der Waals surface area contributed by atoms with E-state index in [0.717, 1.165) is 11.1 Å². The summed E-state index contributed by atoms with van der Waals surface area (Å²) in [4.78, 5) is 23.4. The molecule has 2 amide bonds. The van der Waals surface area contributed by atoms with Gasteiger partial charge in [0.15, 0.2) is 6.61 Å². The molecule has 0 saturated heterocycles. The minimum absolute atomic E-state index is 0.184. The Hall–Kier alpha value is -2.53. The second-order valence-corrected chi connectivity index (χ2v) is 5.55. The van der Waals surface area contributed by atoms with Crippen molar-refractivity contribution < 1.29 is 14.3 Å². The number of para-hydroxylation sites is 1. The normalized spacial score (nSPS) is 10.2. The number of aryl methyl sites for hydroxylation is 2. The maximum Gasteiger partial charge on any atom is 0.262 e. The Kier molecular flexibility index (Phi) is 5.24. The topological polar surface area (TPSA) is 81.4 Å². The molecule has 0 heterocycles. The van der Waals surface area contributed by atoms with E-state index in [2.05, 4.69) is 5.32 Å². The van der Waals surface area contributed by atoms with Crippen LogP contribution in [0.25, 0.3) is 0 Å². The zero-order valence-corrected chi connectivity index (χ0v) is 13.6. The van der Waals surface area contributed by atoms with Crippen LogP contribution in [0.5, 0.6) is 5.75 Å². The van der Waals surface area contributed by atoms with Crippen LogP contribution >= 0.6 is 11.6 Å². The van der Waals surface area contributed by atoms with Gasteiger partial charge in [0.2, 0.25) is 0 Å². The van der Waals surface area contributed by atoms with Gasteiger partial charge in [-0.05, 0) is 49.2 Å². The fourth-order valence-corrected chi connectivity index (χ4v) is 2.58. The summed E-state index contributed by atoms with van der Waals surface area (Å²) in [6.45, 7) is 3.53. The molecule has 5 nitrogen and oxygen atoms in total. The van der Waals surface area contributed by atoms with Crippen LogP contribution in [0.2, 0.25) is 5.02 Å². The fraction of sp³-hybridized carbons (Fsp3) is 0.176. The summed E-state index contributed by atoms with van der Waals surface area (Å²) in [5, 5.41) is 3.24. The number of nitrogens with one attached hydrogen (secondary N) is 1. The fourth-order valence-electron chi connectivity index (χ4n) is 2.26. The Balaban J connectivity index is 2.06. The van der Waals surface area contributed by atoms with Crippen LogP contribution < -0.4 is 15.8 Å². The van der Waals surface area contributed by atoms with Gasteiger partial charge in [0.05, 0.1) is 11.3 Å². The number of hydrogen-bond acceptors (Lipinski definition) is 3. The van der Waals surface area contributed by atoms with Crippen molar-refractivity contribution in [1.29, 1.82) is 0 Å². The SMILES string of the molecule is Cc1cc(Cl)cc(C)c1OCC(=O)Nc1ccccc1C(N)=O. The lowest BCUT2D eigenvalue weighted by atomic mass is 10.1. The quantitative estimate of drug-likeness (QED) is 0.882. The molecule has 0 saturated carbocycles. The third-order valence-corrected chi connectivity index (χ3v) is 3.46. The first-order valence-electron chi connectivity index (χ1n) is 6.96. The van der Waals surface area contributed by atoms with Crippen molar-refractivity contribution in [3.8, 4) is 5.75 Å². The maximum absolute atomic E-state index is 12.0. The van der Waals surface area contributed by atoms with Crippen LogP contribution in [0.4, 0.5) is 5.69 Å². The Labute approximate surface area is 139 Å². The van der Waals surface area contributed by atoms with Crippen LogP contribution in [0.15, 0.2) is 36.4 Å². The third kappa shape index (κ3) is 4.23. The summed E-state index contributed by atoms with van der Waals surface area (Å²) < 4.78 is 5.57. The van der Waals surface area contributed by atoms with Gasteiger partial charge in [0.1, 0.15) is 5.75 Å². The van der Waals surface area contributed by atoms with Crippen LogP contribution in [-0.4, -0.2) is 18.4 Å². The van der Waals surface area contributed by atoms with E-state index in [1.807, 2.05) is 13.8 Å². The van der Waals surface area contributed by atoms with Crippen LogP contribution in [-0.2, 0) is 4.79 Å². The summed E-state index contributed by atoms with van der Waals surface area (Å²) in [5.41, 5.74) is 7.58. The molecule has 0 bridgehead atoms. The third-order valence-electron chi connectivity index (χ3n) is 3.24. The molecule has 0 spiro atoms. The highest BCUT2D eigenvalue weighted by atomic mass is 35.5. The molecule has 0 unspecified atom stereocenters. The van der Waals surface area contributed by atoms with Gasteiger partial charge in [-0.2, -0.15) is 0 Å². The van der Waals surface area contributed by atoms with E-state index in [9.17, 15) is 9.59 Å². The molecule has 6 heteroatoms. The van der Waals surface area contributed by atoms with Crippen molar-refractivity contribution in [3.63, 3.8) is 0 Å². The van der Waals surface area contributed by atoms with Crippen molar-refractivity contribution >= 4 is 29.1 Å². The second kappa shape index (κ2) is 7.15. The van der Waals surface area contributed by atoms with Crippen molar-refractivity contribution in [3.05, 3.63) is 58.1 Å². The Morgan fingerprint density at radius 2 is 1.78 bits per heavy atom. The molecule has 0 aliphatic rings. The van der Waals surface area contributed by atoms with Crippen molar-refractivity contribution in [2.75, 3.05) is 11.9 Å². The lowest BCUT2D eigenvalue weighted by molar-refractivity contribution is -0.118. The van der Waals surface area contributed by atoms with Crippen molar-refractivity contribution in [1.82, 2.24) is 0 Å². The molecule has 0 fully saturated rings. The minimum atomic E-state index is -0.605. The first-order valence-corrected chi connectivity index (χ1v) is 7.34. The summed E-state index contributed by atoms with van der Waals surface area (Å²) in [5.74, 6) is -0.369. The summed E-state index contributed by atoms with van der Waals surface area (Å²) in [6, 6.07) is 10.1. The highest BCUT2D eigenvalue weighted by molar-refractivity contribution is 6.30. The first-order chi connectivity index (χ1) is 10.9. The number of ether oxygens (including phenoxy) is 1. The van der Waals surface area contributed by atoms with Gasteiger partial charge in [-0.1, -0.05) is 23.7 Å². The van der Waals surface area contributed by atoms with Crippen LogP contribution in [0.1, 0.15) is 21.5 Å². The van der Waals surface area contributed by atoms with Gasteiger partial charge in [-0.3, -0.25) is 9.59 Å². The predicted octanol–water partition coefficient (Wildman–Crippen LogP) is 3.07. The highest BCUT2D eigenvalue weighted by Gasteiger charge is 2.12. The predicted molar refractivity (Wildman–Crippen MR) is 90.0 cm³/mol. The number of carbonyl (C=O) groups is 2. The van der Waals surface area contributed by atoms with Crippen molar-refractivity contribution in [2.24, 2.45) is 5.73 Å². The summed E-state index contributed by atoms with van der Waals surface area (Å²) in [6.07, 6.45) is 0. The number of rotatable bonds is 5. The zero-order chi connectivity index (χ0) is 17.0. The molecule has 0 aromatic heterocycles. The van der Waals surface area contributed by atoms with Gasteiger partial charge < -0.3 is 15.8 Å². The van der Waals surface area contributed by atoms with Gasteiger partial charge in [-0.15, -0.1) is 0 Å². The minimum Gasteiger partial charge on any atom is -0.483 e. The average Bonchev–Trinajstić information content (AvgIpc) is 2.46. The van der Waals surface area contributed by atoms with Gasteiger partial charge in [-0.25, -0.2) is 0 Å². The van der Waals surface area contributed by atoms with E-state index in [4.69, 9.17) is 22.1 Å². The van der Waals surface area contributed by atoms with E-state index in [-0.39, 0.29) is 18.1 Å². The molecule has 2 aromatic carbocycles. The number of benzene rings is 2. The Morgan fingerprint density at radius 1 is 1.17 bits per heavy atom. The number of hydrogen-bond donors (Lipinski definition) is 2. The molecule has 23 heavy (non-hydrogen) atoms. The number of amides is 2. The van der Waals surface area contributed by atoms with Gasteiger partial charge >= 0.3 is 0 Å². The first kappa shape index (κ1) is 16.8. The average molecular weight is 333 g/mol.